The molecular formula is C18H14N2O2S. The molecule has 0 aliphatic carbocycles. The van der Waals surface area contributed by atoms with Gasteiger partial charge < -0.3 is 4.57 Å². The molecule has 2 amide bonds. The molecule has 1 fully saturated rings. The predicted molar refractivity (Wildman–Crippen MR) is 92.0 cm³/mol. The van der Waals surface area contributed by atoms with Gasteiger partial charge in [0.1, 0.15) is 0 Å². The second-order valence-electron chi connectivity index (χ2n) is 5.11. The average Bonchev–Trinajstić information content (AvgIpc) is 3.08. The minimum atomic E-state index is -0.338. The highest BCUT2D eigenvalue weighted by Gasteiger charge is 2.34. The van der Waals surface area contributed by atoms with Crippen LogP contribution in [0.25, 0.3) is 11.8 Å². The molecule has 1 aliphatic heterocycles. The summed E-state index contributed by atoms with van der Waals surface area (Å²) in [7, 11) is 0. The Hall–Kier alpha value is -2.71. The van der Waals surface area contributed by atoms with Crippen LogP contribution in [-0.4, -0.2) is 27.2 Å². The van der Waals surface area contributed by atoms with Gasteiger partial charge in [0.25, 0.3) is 11.1 Å². The summed E-state index contributed by atoms with van der Waals surface area (Å²) in [6, 6.07) is 11.9. The molecule has 0 bridgehead atoms. The molecule has 1 aromatic heterocycles. The van der Waals surface area contributed by atoms with Crippen molar-refractivity contribution in [1.82, 2.24) is 9.47 Å². The lowest BCUT2D eigenvalue weighted by molar-refractivity contribution is -0.122. The van der Waals surface area contributed by atoms with Gasteiger partial charge in [-0.1, -0.05) is 18.1 Å². The van der Waals surface area contributed by atoms with E-state index in [2.05, 4.69) is 12.0 Å². The van der Waals surface area contributed by atoms with E-state index in [0.717, 1.165) is 33.6 Å². The quantitative estimate of drug-likeness (QED) is 0.642. The summed E-state index contributed by atoms with van der Waals surface area (Å²) in [5.74, 6) is 1.99. The molecule has 1 aromatic carbocycles. The molecule has 0 saturated carbocycles. The van der Waals surface area contributed by atoms with Crippen LogP contribution in [-0.2, 0) is 4.79 Å². The van der Waals surface area contributed by atoms with Gasteiger partial charge in [-0.3, -0.25) is 14.5 Å². The maximum absolute atomic E-state index is 12.2. The molecule has 0 N–H and O–H groups in total. The van der Waals surface area contributed by atoms with E-state index in [0.29, 0.717) is 4.91 Å². The number of aromatic nitrogens is 1. The van der Waals surface area contributed by atoms with Crippen LogP contribution in [0, 0.1) is 19.3 Å². The zero-order chi connectivity index (χ0) is 16.4. The number of thioether (sulfide) groups is 1. The molecule has 1 saturated heterocycles. The number of rotatable bonds is 3. The highest BCUT2D eigenvalue weighted by Crippen LogP contribution is 2.32. The van der Waals surface area contributed by atoms with Crippen molar-refractivity contribution < 1.29 is 9.59 Å². The maximum atomic E-state index is 12.2. The zero-order valence-electron chi connectivity index (χ0n) is 12.5. The fourth-order valence-electron chi connectivity index (χ4n) is 2.39. The molecule has 3 rings (SSSR count). The van der Waals surface area contributed by atoms with Crippen molar-refractivity contribution in [3.05, 3.63) is 58.8 Å². The lowest BCUT2D eigenvalue weighted by Gasteiger charge is -2.08. The second kappa shape index (κ2) is 6.19. The fraction of sp³-hybridized carbons (Fsp3) is 0.111. The van der Waals surface area contributed by atoms with E-state index < -0.39 is 0 Å². The number of carbonyl (C=O) groups excluding carboxylic acids is 2. The largest absolute Gasteiger partial charge is 0.317 e. The van der Waals surface area contributed by atoms with Crippen molar-refractivity contribution in [3.63, 3.8) is 0 Å². The molecule has 23 heavy (non-hydrogen) atoms. The summed E-state index contributed by atoms with van der Waals surface area (Å²) < 4.78 is 1.97. The average molecular weight is 322 g/mol. The minimum absolute atomic E-state index is 0.000891. The molecule has 4 nitrogen and oxygen atoms in total. The van der Waals surface area contributed by atoms with Crippen LogP contribution in [0.1, 0.15) is 11.3 Å². The van der Waals surface area contributed by atoms with Gasteiger partial charge >= 0.3 is 0 Å². The Morgan fingerprint density at radius 2 is 2.09 bits per heavy atom. The number of carbonyl (C=O) groups is 2. The highest BCUT2D eigenvalue weighted by atomic mass is 32.2. The third kappa shape index (κ3) is 2.94. The smallest absolute Gasteiger partial charge is 0.294 e. The van der Waals surface area contributed by atoms with Crippen molar-refractivity contribution in [2.45, 2.75) is 6.92 Å². The minimum Gasteiger partial charge on any atom is -0.317 e. The first-order valence-corrected chi connectivity index (χ1v) is 7.85. The Bertz CT molecular complexity index is 858. The Labute approximate surface area is 138 Å². The first-order valence-electron chi connectivity index (χ1n) is 7.03. The van der Waals surface area contributed by atoms with E-state index in [9.17, 15) is 9.59 Å². The van der Waals surface area contributed by atoms with Crippen LogP contribution in [0.4, 0.5) is 4.79 Å². The molecule has 2 heterocycles. The van der Waals surface area contributed by atoms with Gasteiger partial charge in [-0.05, 0) is 54.6 Å². The lowest BCUT2D eigenvalue weighted by Crippen LogP contribution is -2.28. The molecule has 0 spiro atoms. The molecule has 0 radical (unpaired) electrons. The van der Waals surface area contributed by atoms with Gasteiger partial charge in [0.15, 0.2) is 0 Å². The fourth-order valence-corrected chi connectivity index (χ4v) is 3.21. The number of hydrogen-bond acceptors (Lipinski definition) is 3. The summed E-state index contributed by atoms with van der Waals surface area (Å²) in [4.78, 5) is 25.5. The van der Waals surface area contributed by atoms with Crippen LogP contribution in [0.15, 0.2) is 47.5 Å². The number of amides is 2. The predicted octanol–water partition coefficient (Wildman–Crippen LogP) is 3.46. The number of benzene rings is 1. The molecule has 0 unspecified atom stereocenters. The lowest BCUT2D eigenvalue weighted by atomic mass is 10.2. The van der Waals surface area contributed by atoms with Crippen molar-refractivity contribution in [1.29, 1.82) is 0 Å². The van der Waals surface area contributed by atoms with Gasteiger partial charge in [-0.2, -0.15) is 0 Å². The molecule has 114 valence electrons. The van der Waals surface area contributed by atoms with Gasteiger partial charge in [-0.25, -0.2) is 0 Å². The van der Waals surface area contributed by atoms with E-state index in [4.69, 9.17) is 6.42 Å². The number of nitrogens with zero attached hydrogens (tertiary/aromatic N) is 2. The Morgan fingerprint density at radius 3 is 2.83 bits per heavy atom. The maximum Gasteiger partial charge on any atom is 0.294 e. The van der Waals surface area contributed by atoms with E-state index in [-0.39, 0.29) is 17.7 Å². The Morgan fingerprint density at radius 1 is 1.26 bits per heavy atom. The topological polar surface area (TPSA) is 42.3 Å². The standard InChI is InChI=1S/C18H14N2O2S/c1-3-9-20-17(21)16(23-18(20)22)12-15-8-5-10-19(15)14-7-4-6-13(2)11-14/h1,4-8,10-12H,9H2,2H3. The highest BCUT2D eigenvalue weighted by molar-refractivity contribution is 8.18. The van der Waals surface area contributed by atoms with Crippen molar-refractivity contribution in [2.75, 3.05) is 6.54 Å². The number of terminal acetylenes is 1. The molecule has 0 atom stereocenters. The van der Waals surface area contributed by atoms with Gasteiger partial charge in [0, 0.05) is 17.6 Å². The second-order valence-corrected chi connectivity index (χ2v) is 6.11. The third-order valence-corrected chi connectivity index (χ3v) is 4.37. The van der Waals surface area contributed by atoms with Crippen LogP contribution in [0.3, 0.4) is 0 Å². The third-order valence-electron chi connectivity index (χ3n) is 3.46. The Balaban J connectivity index is 1.96. The summed E-state index contributed by atoms with van der Waals surface area (Å²) in [5.41, 5.74) is 2.99. The molecule has 5 heteroatoms. The van der Waals surface area contributed by atoms with Crippen molar-refractivity contribution >= 4 is 29.0 Å². The summed E-state index contributed by atoms with van der Waals surface area (Å²) in [5, 5.41) is -0.326. The van der Waals surface area contributed by atoms with E-state index >= 15 is 0 Å². The van der Waals surface area contributed by atoms with E-state index in [1.165, 1.54) is 0 Å². The van der Waals surface area contributed by atoms with E-state index in [1.54, 1.807) is 6.08 Å². The number of aryl methyl sites for hydroxylation is 1. The van der Waals surface area contributed by atoms with Crippen LogP contribution >= 0.6 is 11.8 Å². The van der Waals surface area contributed by atoms with Gasteiger partial charge in [-0.15, -0.1) is 6.42 Å². The summed E-state index contributed by atoms with van der Waals surface area (Å²) in [6.45, 7) is 2.03. The molecular weight excluding hydrogens is 308 g/mol. The first-order chi connectivity index (χ1) is 11.1. The molecule has 2 aromatic rings. The SMILES string of the molecule is C#CCN1C(=O)SC(=Cc2cccn2-c2cccc(C)c2)C1=O. The first kappa shape index (κ1) is 15.2. The van der Waals surface area contributed by atoms with Gasteiger partial charge in [0.2, 0.25) is 0 Å². The van der Waals surface area contributed by atoms with Crippen LogP contribution < -0.4 is 0 Å². The normalized spacial score (nSPS) is 16.2. The van der Waals surface area contributed by atoms with Crippen LogP contribution in [0.2, 0.25) is 0 Å². The van der Waals surface area contributed by atoms with Gasteiger partial charge in [0.05, 0.1) is 11.4 Å². The zero-order valence-corrected chi connectivity index (χ0v) is 13.3. The van der Waals surface area contributed by atoms with Crippen molar-refractivity contribution in [3.8, 4) is 18.0 Å². The van der Waals surface area contributed by atoms with Crippen LogP contribution in [0.5, 0.6) is 0 Å². The monoisotopic (exact) mass is 322 g/mol. The van der Waals surface area contributed by atoms with Crippen molar-refractivity contribution in [2.24, 2.45) is 0 Å². The Kier molecular flexibility index (Phi) is 4.09. The molecule has 1 aliphatic rings. The summed E-state index contributed by atoms with van der Waals surface area (Å²) in [6.07, 6.45) is 8.85. The number of hydrogen-bond donors (Lipinski definition) is 0. The number of imide groups is 1. The van der Waals surface area contributed by atoms with E-state index in [1.807, 2.05) is 48.0 Å². The summed E-state index contributed by atoms with van der Waals surface area (Å²) >= 11 is 0.917.